The molecule has 0 aliphatic carbocycles. The lowest BCUT2D eigenvalue weighted by atomic mass is 10.2. The van der Waals surface area contributed by atoms with Gasteiger partial charge < -0.3 is 14.8 Å². The molecular weight excluding hydrogens is 354 g/mol. The highest BCUT2D eigenvalue weighted by Crippen LogP contribution is 2.34. The van der Waals surface area contributed by atoms with Crippen LogP contribution in [0.2, 0.25) is 0 Å². The largest absolute Gasteiger partial charge is 0.495 e. The highest BCUT2D eigenvalue weighted by Gasteiger charge is 2.25. The van der Waals surface area contributed by atoms with Gasteiger partial charge in [0, 0.05) is 14.2 Å². The Morgan fingerprint density at radius 1 is 1.33 bits per heavy atom. The quantitative estimate of drug-likeness (QED) is 0.804. The van der Waals surface area contributed by atoms with Gasteiger partial charge >= 0.3 is 5.97 Å². The van der Waals surface area contributed by atoms with Crippen molar-refractivity contribution >= 4 is 38.9 Å². The molecule has 2 aromatic rings. The molecular formula is C15H16BrNO3S. The Labute approximate surface area is 136 Å². The minimum absolute atomic E-state index is 0.338. The maximum Gasteiger partial charge on any atom is 0.333 e. The molecule has 6 heteroatoms. The minimum atomic E-state index is -0.568. The van der Waals surface area contributed by atoms with Gasteiger partial charge in [-0.1, -0.05) is 12.1 Å². The molecule has 0 saturated heterocycles. The number of rotatable bonds is 5. The molecule has 21 heavy (non-hydrogen) atoms. The van der Waals surface area contributed by atoms with Crippen molar-refractivity contribution in [2.75, 3.05) is 19.5 Å². The first-order chi connectivity index (χ1) is 10.1. The SMILES string of the molecule is COC(=O)C(Nc1ccccc1OC)c1cc(Br)c(C)s1. The number of para-hydroxylation sites is 2. The van der Waals surface area contributed by atoms with E-state index in [1.807, 2.05) is 37.3 Å². The van der Waals surface area contributed by atoms with Crippen LogP contribution in [0.25, 0.3) is 0 Å². The molecule has 1 atom stereocenters. The van der Waals surface area contributed by atoms with Gasteiger partial charge in [0.1, 0.15) is 5.75 Å². The number of aryl methyl sites for hydroxylation is 1. The highest BCUT2D eigenvalue weighted by molar-refractivity contribution is 9.10. The van der Waals surface area contributed by atoms with Crippen LogP contribution in [-0.4, -0.2) is 20.2 Å². The van der Waals surface area contributed by atoms with E-state index in [2.05, 4.69) is 21.2 Å². The lowest BCUT2D eigenvalue weighted by Gasteiger charge is -2.18. The number of benzene rings is 1. The van der Waals surface area contributed by atoms with Crippen LogP contribution in [0.15, 0.2) is 34.8 Å². The van der Waals surface area contributed by atoms with Gasteiger partial charge in [0.25, 0.3) is 0 Å². The Balaban J connectivity index is 2.35. The second kappa shape index (κ2) is 6.95. The van der Waals surface area contributed by atoms with Crippen molar-refractivity contribution in [1.29, 1.82) is 0 Å². The van der Waals surface area contributed by atoms with E-state index in [0.29, 0.717) is 5.75 Å². The number of anilines is 1. The molecule has 1 heterocycles. The second-order valence-electron chi connectivity index (χ2n) is 4.35. The number of carbonyl (C=O) groups is 1. The van der Waals surface area contributed by atoms with Crippen molar-refractivity contribution in [3.63, 3.8) is 0 Å². The Morgan fingerprint density at radius 2 is 2.05 bits per heavy atom. The summed E-state index contributed by atoms with van der Waals surface area (Å²) in [4.78, 5) is 14.1. The van der Waals surface area contributed by atoms with Crippen molar-refractivity contribution in [1.82, 2.24) is 0 Å². The maximum atomic E-state index is 12.1. The molecule has 2 rings (SSSR count). The van der Waals surface area contributed by atoms with Gasteiger partial charge in [-0.05, 0) is 41.1 Å². The van der Waals surface area contributed by atoms with Crippen molar-refractivity contribution in [3.05, 3.63) is 44.6 Å². The summed E-state index contributed by atoms with van der Waals surface area (Å²) >= 11 is 5.02. The summed E-state index contributed by atoms with van der Waals surface area (Å²) in [5.41, 5.74) is 0.748. The van der Waals surface area contributed by atoms with Crippen LogP contribution >= 0.6 is 27.3 Å². The van der Waals surface area contributed by atoms with Crippen LogP contribution in [0.1, 0.15) is 15.8 Å². The van der Waals surface area contributed by atoms with E-state index in [0.717, 1.165) is 19.9 Å². The van der Waals surface area contributed by atoms with Gasteiger partial charge in [-0.15, -0.1) is 11.3 Å². The smallest absolute Gasteiger partial charge is 0.333 e. The maximum absolute atomic E-state index is 12.1. The highest BCUT2D eigenvalue weighted by atomic mass is 79.9. The molecule has 1 aromatic carbocycles. The van der Waals surface area contributed by atoms with Crippen molar-refractivity contribution in [2.45, 2.75) is 13.0 Å². The average Bonchev–Trinajstić information content (AvgIpc) is 2.83. The zero-order valence-corrected chi connectivity index (χ0v) is 14.4. The van der Waals surface area contributed by atoms with Crippen LogP contribution in [0, 0.1) is 6.92 Å². The lowest BCUT2D eigenvalue weighted by molar-refractivity contribution is -0.141. The molecule has 112 valence electrons. The Hall–Kier alpha value is -1.53. The third-order valence-corrected chi connectivity index (χ3v) is 5.21. The van der Waals surface area contributed by atoms with Crippen LogP contribution in [0.4, 0.5) is 5.69 Å². The van der Waals surface area contributed by atoms with E-state index in [4.69, 9.17) is 9.47 Å². The topological polar surface area (TPSA) is 47.6 Å². The Kier molecular flexibility index (Phi) is 5.25. The predicted octanol–water partition coefficient (Wildman–Crippen LogP) is 4.15. The first-order valence-corrected chi connectivity index (χ1v) is 7.91. The molecule has 0 radical (unpaired) electrons. The molecule has 4 nitrogen and oxygen atoms in total. The molecule has 0 spiro atoms. The molecule has 1 N–H and O–H groups in total. The lowest BCUT2D eigenvalue weighted by Crippen LogP contribution is -2.21. The number of nitrogens with one attached hydrogen (secondary N) is 1. The number of methoxy groups -OCH3 is 2. The number of esters is 1. The molecule has 0 fully saturated rings. The minimum Gasteiger partial charge on any atom is -0.495 e. The summed E-state index contributed by atoms with van der Waals surface area (Å²) in [7, 11) is 2.98. The molecule has 1 aromatic heterocycles. The Morgan fingerprint density at radius 3 is 2.62 bits per heavy atom. The van der Waals surface area contributed by atoms with E-state index in [9.17, 15) is 4.79 Å². The zero-order valence-electron chi connectivity index (χ0n) is 12.0. The number of hydrogen-bond acceptors (Lipinski definition) is 5. The van der Waals surface area contributed by atoms with Crippen molar-refractivity contribution < 1.29 is 14.3 Å². The van der Waals surface area contributed by atoms with E-state index in [1.54, 1.807) is 18.4 Å². The van der Waals surface area contributed by atoms with E-state index >= 15 is 0 Å². The van der Waals surface area contributed by atoms with E-state index in [1.165, 1.54) is 7.11 Å². The standard InChI is InChI=1S/C15H16BrNO3S/c1-9-10(16)8-13(21-9)14(15(18)20-3)17-11-6-4-5-7-12(11)19-2/h4-8,14,17H,1-3H3. The van der Waals surface area contributed by atoms with Gasteiger partial charge in [0.2, 0.25) is 0 Å². The summed E-state index contributed by atoms with van der Waals surface area (Å²) in [5, 5.41) is 3.20. The molecule has 0 amide bonds. The fraction of sp³-hybridized carbons (Fsp3) is 0.267. The third kappa shape index (κ3) is 3.57. The molecule has 0 saturated carbocycles. The van der Waals surface area contributed by atoms with Gasteiger partial charge in [-0.2, -0.15) is 0 Å². The van der Waals surface area contributed by atoms with Crippen LogP contribution in [-0.2, 0) is 9.53 Å². The van der Waals surface area contributed by atoms with E-state index < -0.39 is 6.04 Å². The Bertz CT molecular complexity index is 622. The summed E-state index contributed by atoms with van der Waals surface area (Å²) in [6.45, 7) is 2.00. The van der Waals surface area contributed by atoms with Gasteiger partial charge in [-0.25, -0.2) is 4.79 Å². The van der Waals surface area contributed by atoms with Crippen LogP contribution in [0.5, 0.6) is 5.75 Å². The van der Waals surface area contributed by atoms with Gasteiger partial charge in [-0.3, -0.25) is 0 Å². The normalized spacial score (nSPS) is 11.8. The fourth-order valence-corrected chi connectivity index (χ4v) is 3.51. The first-order valence-electron chi connectivity index (χ1n) is 6.30. The zero-order chi connectivity index (χ0) is 15.4. The first kappa shape index (κ1) is 15.9. The summed E-state index contributed by atoms with van der Waals surface area (Å²) in [6.07, 6.45) is 0. The number of ether oxygens (including phenoxy) is 2. The second-order valence-corrected chi connectivity index (χ2v) is 6.50. The molecule has 0 bridgehead atoms. The average molecular weight is 370 g/mol. The molecule has 0 aliphatic heterocycles. The van der Waals surface area contributed by atoms with Crippen molar-refractivity contribution in [3.8, 4) is 5.75 Å². The summed E-state index contributed by atoms with van der Waals surface area (Å²) in [6, 6.07) is 8.83. The van der Waals surface area contributed by atoms with Gasteiger partial charge in [0.05, 0.1) is 19.9 Å². The van der Waals surface area contributed by atoms with Crippen molar-refractivity contribution in [2.24, 2.45) is 0 Å². The number of halogens is 1. The van der Waals surface area contributed by atoms with E-state index in [-0.39, 0.29) is 5.97 Å². The number of hydrogen-bond donors (Lipinski definition) is 1. The number of thiophene rings is 1. The summed E-state index contributed by atoms with van der Waals surface area (Å²) in [5.74, 6) is 0.341. The van der Waals surface area contributed by atoms with Crippen LogP contribution < -0.4 is 10.1 Å². The predicted molar refractivity (Wildman–Crippen MR) is 88.1 cm³/mol. The fourth-order valence-electron chi connectivity index (χ4n) is 1.91. The summed E-state index contributed by atoms with van der Waals surface area (Å²) < 4.78 is 11.2. The third-order valence-electron chi connectivity index (χ3n) is 3.00. The van der Waals surface area contributed by atoms with Crippen LogP contribution in [0.3, 0.4) is 0 Å². The monoisotopic (exact) mass is 369 g/mol. The number of carbonyl (C=O) groups excluding carboxylic acids is 1. The molecule has 0 aliphatic rings. The van der Waals surface area contributed by atoms with Gasteiger partial charge in [0.15, 0.2) is 6.04 Å². The molecule has 1 unspecified atom stereocenters.